The second kappa shape index (κ2) is 29.4. The van der Waals surface area contributed by atoms with Crippen LogP contribution in [0.2, 0.25) is 0 Å². The van der Waals surface area contributed by atoms with Crippen LogP contribution in [0, 0.1) is 25.7 Å². The lowest BCUT2D eigenvalue weighted by atomic mass is 9.95. The van der Waals surface area contributed by atoms with Crippen LogP contribution in [0.5, 0.6) is 0 Å². The van der Waals surface area contributed by atoms with Crippen molar-refractivity contribution in [2.45, 2.75) is 97.4 Å². The van der Waals surface area contributed by atoms with Gasteiger partial charge in [-0.3, -0.25) is 9.59 Å². The zero-order valence-corrected chi connectivity index (χ0v) is 29.5. The van der Waals surface area contributed by atoms with Gasteiger partial charge in [-0.25, -0.2) is 8.78 Å². The lowest BCUT2D eigenvalue weighted by molar-refractivity contribution is 0.0793. The number of alkyl halides is 1. The minimum Gasteiger partial charge on any atom is -0.384 e. The fourth-order valence-electron chi connectivity index (χ4n) is 4.02. The molecule has 0 spiro atoms. The Morgan fingerprint density at radius 3 is 2.23 bits per heavy atom. The van der Waals surface area contributed by atoms with Gasteiger partial charge >= 0.3 is 0 Å². The average Bonchev–Trinajstić information content (AvgIpc) is 3.06. The molecule has 0 aromatic heterocycles. The van der Waals surface area contributed by atoms with Gasteiger partial charge in [0.15, 0.2) is 0 Å². The molecule has 6 nitrogen and oxygen atoms in total. The molecule has 3 atom stereocenters. The number of nitrogens with one attached hydrogen (secondary N) is 2. The standard InChI is InChI=1S/C28H45N3O3.C7H10F2.2C2H2/c1-7-10-12-14-22(4)28(5,34)21-29-18-17-25(9-3)30-26(32)23-15-13-16-24(20-23)27(33)31(6)19-11-8-2;1-3-4-7(9)5-6(2)8;2*1-2/h7,13-16,20,25,29,34H,1,8-12,17-19,21H2,2-6H3,(H,30,32);3,5,7H,1,4H2,2H3;2*1-2H/b22-14+;6-5+;;/t25-,28?;;;/m0.../s1. The minimum atomic E-state index is -1.22. The van der Waals surface area contributed by atoms with Gasteiger partial charge in [0.2, 0.25) is 0 Å². The molecule has 3 N–H and O–H groups in total. The number of benzene rings is 1. The maximum absolute atomic E-state index is 12.8. The molecule has 0 radical (unpaired) electrons. The molecule has 0 saturated heterocycles. The fourth-order valence-corrected chi connectivity index (χ4v) is 4.02. The number of terminal acetylenes is 2. The van der Waals surface area contributed by atoms with Crippen molar-refractivity contribution in [1.29, 1.82) is 0 Å². The first-order valence-corrected chi connectivity index (χ1v) is 16.0. The molecular formula is C39H59F2N3O3. The number of unbranched alkanes of at least 4 members (excludes halogenated alkanes) is 2. The number of aliphatic hydroxyl groups is 1. The SMILES string of the molecule is C#C.C#C.C=CCC(F)/C=C(\C)F.C=CCC/C=C(\C)C(C)(O)CNCC[C@H](CC)NC(=O)c1cccc(C(=O)N(C)CCCC)c1. The maximum atomic E-state index is 12.8. The zero-order chi connectivity index (χ0) is 36.8. The van der Waals surface area contributed by atoms with Gasteiger partial charge in [-0.2, -0.15) is 0 Å². The van der Waals surface area contributed by atoms with E-state index in [0.29, 0.717) is 30.8 Å². The highest BCUT2D eigenvalue weighted by Gasteiger charge is 2.22. The van der Waals surface area contributed by atoms with E-state index in [9.17, 15) is 23.5 Å². The van der Waals surface area contributed by atoms with E-state index in [1.54, 1.807) is 36.2 Å². The zero-order valence-electron chi connectivity index (χ0n) is 29.5. The Balaban J connectivity index is -0.00000126. The smallest absolute Gasteiger partial charge is 0.253 e. The van der Waals surface area contributed by atoms with Crippen LogP contribution in [-0.4, -0.2) is 66.3 Å². The third-order valence-corrected chi connectivity index (χ3v) is 7.01. The van der Waals surface area contributed by atoms with Gasteiger partial charge in [-0.1, -0.05) is 44.6 Å². The molecule has 0 bridgehead atoms. The summed E-state index contributed by atoms with van der Waals surface area (Å²) in [5, 5.41) is 17.1. The van der Waals surface area contributed by atoms with Crippen LogP contribution in [0.1, 0.15) is 100 Å². The molecule has 2 unspecified atom stereocenters. The summed E-state index contributed by atoms with van der Waals surface area (Å²) in [5.41, 5.74) is 1.05. The Morgan fingerprint density at radius 2 is 1.70 bits per heavy atom. The van der Waals surface area contributed by atoms with E-state index in [1.807, 2.05) is 26.8 Å². The number of allylic oxidation sites excluding steroid dienone is 5. The molecule has 47 heavy (non-hydrogen) atoms. The van der Waals surface area contributed by atoms with Gasteiger partial charge in [-0.15, -0.1) is 38.9 Å². The van der Waals surface area contributed by atoms with Crippen LogP contribution in [0.4, 0.5) is 8.78 Å². The molecule has 0 aliphatic rings. The van der Waals surface area contributed by atoms with Crippen LogP contribution in [0.15, 0.2) is 73.1 Å². The van der Waals surface area contributed by atoms with E-state index in [4.69, 9.17) is 0 Å². The van der Waals surface area contributed by atoms with Crippen molar-refractivity contribution in [2.24, 2.45) is 0 Å². The van der Waals surface area contributed by atoms with Crippen molar-refractivity contribution in [3.8, 4) is 25.7 Å². The fraction of sp³-hybridized carbons (Fsp3) is 0.487. The van der Waals surface area contributed by atoms with Gasteiger partial charge in [0.05, 0.1) is 11.4 Å². The van der Waals surface area contributed by atoms with Crippen molar-refractivity contribution < 1.29 is 23.5 Å². The molecule has 0 fully saturated rings. The van der Waals surface area contributed by atoms with E-state index in [2.05, 4.69) is 62.5 Å². The second-order valence-electron chi connectivity index (χ2n) is 11.0. The number of hydrogen-bond donors (Lipinski definition) is 3. The normalized spacial score (nSPS) is 13.3. The molecule has 2 amide bonds. The molecule has 1 rings (SSSR count). The van der Waals surface area contributed by atoms with Crippen molar-refractivity contribution in [2.75, 3.05) is 26.7 Å². The van der Waals surface area contributed by atoms with Gasteiger partial charge < -0.3 is 20.6 Å². The molecule has 0 aliphatic carbocycles. The lowest BCUT2D eigenvalue weighted by Crippen LogP contribution is -2.41. The first-order valence-electron chi connectivity index (χ1n) is 16.0. The van der Waals surface area contributed by atoms with Crippen molar-refractivity contribution in [3.63, 3.8) is 0 Å². The van der Waals surface area contributed by atoms with Crippen LogP contribution in [0.3, 0.4) is 0 Å². The summed E-state index contributed by atoms with van der Waals surface area (Å²) in [5.74, 6) is -0.727. The first kappa shape index (κ1) is 47.4. The maximum Gasteiger partial charge on any atom is 0.253 e. The third-order valence-electron chi connectivity index (χ3n) is 7.01. The topological polar surface area (TPSA) is 81.7 Å². The van der Waals surface area contributed by atoms with E-state index < -0.39 is 17.6 Å². The Bertz CT molecular complexity index is 1130. The van der Waals surface area contributed by atoms with E-state index in [0.717, 1.165) is 50.2 Å². The molecule has 1 aromatic carbocycles. The molecule has 1 aromatic rings. The average molecular weight is 656 g/mol. The molecule has 0 aliphatic heterocycles. The Hall–Kier alpha value is -3.98. The second-order valence-corrected chi connectivity index (χ2v) is 11.0. The van der Waals surface area contributed by atoms with Crippen molar-refractivity contribution in [1.82, 2.24) is 15.5 Å². The summed E-state index contributed by atoms with van der Waals surface area (Å²) in [6.07, 6.45) is 26.5. The molecule has 0 heterocycles. The summed E-state index contributed by atoms with van der Waals surface area (Å²) in [7, 11) is 1.79. The van der Waals surface area contributed by atoms with Gasteiger partial charge in [0.1, 0.15) is 6.17 Å². The summed E-state index contributed by atoms with van der Waals surface area (Å²) >= 11 is 0. The molecule has 0 saturated carbocycles. The number of halogens is 2. The largest absolute Gasteiger partial charge is 0.384 e. The number of hydrogen-bond acceptors (Lipinski definition) is 4. The predicted molar refractivity (Wildman–Crippen MR) is 196 cm³/mol. The van der Waals surface area contributed by atoms with Crippen LogP contribution >= 0.6 is 0 Å². The first-order chi connectivity index (χ1) is 22.3. The van der Waals surface area contributed by atoms with Crippen molar-refractivity contribution in [3.05, 3.63) is 84.3 Å². The van der Waals surface area contributed by atoms with E-state index in [1.165, 1.54) is 13.0 Å². The van der Waals surface area contributed by atoms with Crippen molar-refractivity contribution >= 4 is 11.8 Å². The summed E-state index contributed by atoms with van der Waals surface area (Å²) in [4.78, 5) is 27.2. The minimum absolute atomic E-state index is 0.000708. The summed E-state index contributed by atoms with van der Waals surface area (Å²) < 4.78 is 24.1. The van der Waals surface area contributed by atoms with Crippen LogP contribution < -0.4 is 10.6 Å². The van der Waals surface area contributed by atoms with Gasteiger partial charge in [0.25, 0.3) is 11.8 Å². The number of amides is 2. The van der Waals surface area contributed by atoms with Gasteiger partial charge in [-0.05, 0) is 89.3 Å². The molecule has 8 heteroatoms. The highest BCUT2D eigenvalue weighted by Crippen LogP contribution is 2.16. The van der Waals surface area contributed by atoms with Crippen LogP contribution in [0.25, 0.3) is 0 Å². The van der Waals surface area contributed by atoms with Gasteiger partial charge in [0, 0.05) is 43.7 Å². The quantitative estimate of drug-likeness (QED) is 0.0802. The summed E-state index contributed by atoms with van der Waals surface area (Å²) in [6, 6.07) is 6.92. The Kier molecular flexibility index (Phi) is 29.7. The highest BCUT2D eigenvalue weighted by molar-refractivity contribution is 5.99. The number of rotatable bonds is 19. The predicted octanol–water partition coefficient (Wildman–Crippen LogP) is 7.98. The third kappa shape index (κ3) is 23.1. The lowest BCUT2D eigenvalue weighted by Gasteiger charge is -2.26. The molecular weight excluding hydrogens is 596 g/mol. The monoisotopic (exact) mass is 655 g/mol. The van der Waals surface area contributed by atoms with Crippen LogP contribution in [-0.2, 0) is 0 Å². The molecule has 262 valence electrons. The number of carbonyl (C=O) groups excluding carboxylic acids is 2. The van der Waals surface area contributed by atoms with E-state index >= 15 is 0 Å². The number of carbonyl (C=O) groups is 2. The Labute approximate surface area is 284 Å². The summed E-state index contributed by atoms with van der Waals surface area (Å²) in [6.45, 7) is 18.0. The Morgan fingerprint density at radius 1 is 1.09 bits per heavy atom. The highest BCUT2D eigenvalue weighted by atomic mass is 19.1. The van der Waals surface area contributed by atoms with E-state index in [-0.39, 0.29) is 24.3 Å². The number of nitrogens with zero attached hydrogens (tertiary/aromatic N) is 1.